The van der Waals surface area contributed by atoms with Gasteiger partial charge in [0.25, 0.3) is 0 Å². The van der Waals surface area contributed by atoms with E-state index in [9.17, 15) is 0 Å². The summed E-state index contributed by atoms with van der Waals surface area (Å²) < 4.78 is 2.05. The Bertz CT molecular complexity index is 526. The Morgan fingerprint density at radius 1 is 1.28 bits per heavy atom. The molecule has 4 heteroatoms. The SMILES string of the molecule is NCc1ccn2ccnc2c1NC1CCCCC1. The maximum Gasteiger partial charge on any atom is 0.160 e. The fraction of sp³-hybridized carbons (Fsp3) is 0.500. The number of nitrogens with zero attached hydrogens (tertiary/aromatic N) is 2. The summed E-state index contributed by atoms with van der Waals surface area (Å²) in [6, 6.07) is 2.66. The van der Waals surface area contributed by atoms with Gasteiger partial charge in [-0.3, -0.25) is 0 Å². The van der Waals surface area contributed by atoms with Crippen LogP contribution in [0.25, 0.3) is 5.65 Å². The van der Waals surface area contributed by atoms with Crippen LogP contribution in [-0.2, 0) is 6.54 Å². The second kappa shape index (κ2) is 4.98. The van der Waals surface area contributed by atoms with E-state index in [0.29, 0.717) is 12.6 Å². The van der Waals surface area contributed by atoms with Crippen LogP contribution in [0.4, 0.5) is 5.69 Å². The van der Waals surface area contributed by atoms with Crippen molar-refractivity contribution in [2.24, 2.45) is 5.73 Å². The van der Waals surface area contributed by atoms with Gasteiger partial charge in [0.2, 0.25) is 0 Å². The third-order valence-electron chi connectivity index (χ3n) is 3.82. The summed E-state index contributed by atoms with van der Waals surface area (Å²) in [5.74, 6) is 0. The summed E-state index contributed by atoms with van der Waals surface area (Å²) >= 11 is 0. The number of pyridine rings is 1. The van der Waals surface area contributed by atoms with Crippen LogP contribution < -0.4 is 11.1 Å². The summed E-state index contributed by atoms with van der Waals surface area (Å²) in [7, 11) is 0. The maximum atomic E-state index is 5.84. The molecule has 0 aromatic carbocycles. The molecule has 96 valence electrons. The molecular formula is C14H20N4. The summed E-state index contributed by atoms with van der Waals surface area (Å²) in [5, 5.41) is 3.67. The van der Waals surface area contributed by atoms with Crippen molar-refractivity contribution in [3.05, 3.63) is 30.2 Å². The standard InChI is InChI=1S/C14H20N4/c15-10-11-6-8-18-9-7-16-14(18)13(11)17-12-4-2-1-3-5-12/h6-9,12,17H,1-5,10,15H2. The van der Waals surface area contributed by atoms with Gasteiger partial charge in [-0.15, -0.1) is 0 Å². The van der Waals surface area contributed by atoms with E-state index in [2.05, 4.69) is 16.4 Å². The van der Waals surface area contributed by atoms with E-state index in [-0.39, 0.29) is 0 Å². The third-order valence-corrected chi connectivity index (χ3v) is 3.82. The fourth-order valence-corrected chi connectivity index (χ4v) is 2.80. The van der Waals surface area contributed by atoms with E-state index >= 15 is 0 Å². The summed E-state index contributed by atoms with van der Waals surface area (Å²) in [6.07, 6.45) is 12.4. The minimum atomic E-state index is 0.554. The number of imidazole rings is 1. The number of nitrogens with two attached hydrogens (primary N) is 1. The molecule has 1 aliphatic carbocycles. The van der Waals surface area contributed by atoms with Gasteiger partial charge in [-0.2, -0.15) is 0 Å². The van der Waals surface area contributed by atoms with Crippen LogP contribution in [0.2, 0.25) is 0 Å². The fourth-order valence-electron chi connectivity index (χ4n) is 2.80. The maximum absolute atomic E-state index is 5.84. The number of hydrogen-bond acceptors (Lipinski definition) is 3. The molecule has 0 unspecified atom stereocenters. The largest absolute Gasteiger partial charge is 0.379 e. The van der Waals surface area contributed by atoms with Crippen molar-refractivity contribution < 1.29 is 0 Å². The first-order chi connectivity index (χ1) is 8.88. The van der Waals surface area contributed by atoms with Crippen molar-refractivity contribution in [2.45, 2.75) is 44.7 Å². The predicted octanol–water partition coefficient (Wildman–Crippen LogP) is 2.54. The molecule has 1 aliphatic rings. The van der Waals surface area contributed by atoms with Gasteiger partial charge in [0.15, 0.2) is 5.65 Å². The van der Waals surface area contributed by atoms with Crippen LogP contribution in [-0.4, -0.2) is 15.4 Å². The van der Waals surface area contributed by atoms with Crippen LogP contribution in [0.5, 0.6) is 0 Å². The number of fused-ring (bicyclic) bond motifs is 1. The number of hydrogen-bond donors (Lipinski definition) is 2. The third kappa shape index (κ3) is 2.08. The Labute approximate surface area is 107 Å². The van der Waals surface area contributed by atoms with E-state index in [1.165, 1.54) is 32.1 Å². The zero-order chi connectivity index (χ0) is 12.4. The lowest BCUT2D eigenvalue weighted by Crippen LogP contribution is -2.23. The highest BCUT2D eigenvalue weighted by Gasteiger charge is 2.16. The smallest absolute Gasteiger partial charge is 0.160 e. The van der Waals surface area contributed by atoms with Crippen LogP contribution in [0.3, 0.4) is 0 Å². The van der Waals surface area contributed by atoms with Gasteiger partial charge in [0, 0.05) is 31.2 Å². The lowest BCUT2D eigenvalue weighted by atomic mass is 9.95. The Morgan fingerprint density at radius 2 is 2.11 bits per heavy atom. The predicted molar refractivity (Wildman–Crippen MR) is 73.6 cm³/mol. The first kappa shape index (κ1) is 11.5. The van der Waals surface area contributed by atoms with Crippen LogP contribution >= 0.6 is 0 Å². The molecule has 0 aliphatic heterocycles. The van der Waals surface area contributed by atoms with Crippen molar-refractivity contribution in [1.82, 2.24) is 9.38 Å². The second-order valence-electron chi connectivity index (χ2n) is 5.06. The first-order valence-corrected chi connectivity index (χ1v) is 6.79. The highest BCUT2D eigenvalue weighted by atomic mass is 15.0. The van der Waals surface area contributed by atoms with Gasteiger partial charge in [-0.25, -0.2) is 4.98 Å². The number of anilines is 1. The molecule has 2 heterocycles. The van der Waals surface area contributed by atoms with E-state index in [1.54, 1.807) is 0 Å². The number of aromatic nitrogens is 2. The highest BCUT2D eigenvalue weighted by molar-refractivity contribution is 5.72. The quantitative estimate of drug-likeness (QED) is 0.872. The monoisotopic (exact) mass is 244 g/mol. The van der Waals surface area contributed by atoms with E-state index in [1.807, 2.05) is 23.0 Å². The molecule has 3 rings (SSSR count). The summed E-state index contributed by atoms with van der Waals surface area (Å²) in [5.41, 5.74) is 9.10. The van der Waals surface area contributed by atoms with Crippen molar-refractivity contribution >= 4 is 11.3 Å². The Morgan fingerprint density at radius 3 is 2.89 bits per heavy atom. The van der Waals surface area contributed by atoms with Crippen LogP contribution in [0.1, 0.15) is 37.7 Å². The van der Waals surface area contributed by atoms with Crippen LogP contribution in [0, 0.1) is 0 Å². The molecule has 3 N–H and O–H groups in total. The first-order valence-electron chi connectivity index (χ1n) is 6.79. The molecule has 1 saturated carbocycles. The number of nitrogens with one attached hydrogen (secondary N) is 1. The second-order valence-corrected chi connectivity index (χ2v) is 5.06. The molecule has 1 fully saturated rings. The average Bonchev–Trinajstić information content (AvgIpc) is 2.89. The zero-order valence-electron chi connectivity index (χ0n) is 10.6. The molecule has 4 nitrogen and oxygen atoms in total. The molecule has 2 aromatic heterocycles. The normalized spacial score (nSPS) is 17.2. The topological polar surface area (TPSA) is 55.4 Å². The Balaban J connectivity index is 1.94. The molecule has 0 atom stereocenters. The molecule has 2 aromatic rings. The van der Waals surface area contributed by atoms with Gasteiger partial charge in [-0.05, 0) is 24.5 Å². The summed E-state index contributed by atoms with van der Waals surface area (Å²) in [4.78, 5) is 4.44. The number of rotatable bonds is 3. The van der Waals surface area contributed by atoms with Crippen molar-refractivity contribution in [2.75, 3.05) is 5.32 Å². The van der Waals surface area contributed by atoms with Crippen molar-refractivity contribution in [3.8, 4) is 0 Å². The van der Waals surface area contributed by atoms with Crippen molar-refractivity contribution in [3.63, 3.8) is 0 Å². The molecule has 0 bridgehead atoms. The average molecular weight is 244 g/mol. The molecule has 0 spiro atoms. The van der Waals surface area contributed by atoms with Gasteiger partial charge < -0.3 is 15.5 Å². The lowest BCUT2D eigenvalue weighted by molar-refractivity contribution is 0.462. The Hall–Kier alpha value is -1.55. The van der Waals surface area contributed by atoms with E-state index < -0.39 is 0 Å². The van der Waals surface area contributed by atoms with E-state index in [0.717, 1.165) is 16.9 Å². The minimum absolute atomic E-state index is 0.554. The van der Waals surface area contributed by atoms with Gasteiger partial charge in [-0.1, -0.05) is 19.3 Å². The molecular weight excluding hydrogens is 224 g/mol. The zero-order valence-corrected chi connectivity index (χ0v) is 10.6. The summed E-state index contributed by atoms with van der Waals surface area (Å²) in [6.45, 7) is 0.554. The molecule has 0 radical (unpaired) electrons. The van der Waals surface area contributed by atoms with Crippen molar-refractivity contribution in [1.29, 1.82) is 0 Å². The minimum Gasteiger partial charge on any atom is -0.379 e. The van der Waals surface area contributed by atoms with Gasteiger partial charge >= 0.3 is 0 Å². The Kier molecular flexibility index (Phi) is 3.19. The molecule has 0 amide bonds. The van der Waals surface area contributed by atoms with Gasteiger partial charge in [0.1, 0.15) is 0 Å². The lowest BCUT2D eigenvalue weighted by Gasteiger charge is -2.25. The molecule has 18 heavy (non-hydrogen) atoms. The van der Waals surface area contributed by atoms with Crippen LogP contribution in [0.15, 0.2) is 24.7 Å². The highest BCUT2D eigenvalue weighted by Crippen LogP contribution is 2.26. The molecule has 0 saturated heterocycles. The van der Waals surface area contributed by atoms with Gasteiger partial charge in [0.05, 0.1) is 5.69 Å². The van der Waals surface area contributed by atoms with E-state index in [4.69, 9.17) is 5.73 Å².